The number of nitrogens with two attached hydrogens (primary N) is 1. The molecule has 0 aliphatic heterocycles. The SMILES string of the molecule is NC(=O)O.c1ccc2scnc2c1. The van der Waals surface area contributed by atoms with E-state index < -0.39 is 6.09 Å². The van der Waals surface area contributed by atoms with Gasteiger partial charge in [0.05, 0.1) is 15.7 Å². The number of aromatic nitrogens is 1. The highest BCUT2D eigenvalue weighted by molar-refractivity contribution is 7.16. The minimum Gasteiger partial charge on any atom is -0.465 e. The van der Waals surface area contributed by atoms with Gasteiger partial charge in [-0.15, -0.1) is 11.3 Å². The van der Waals surface area contributed by atoms with Crippen molar-refractivity contribution in [3.63, 3.8) is 0 Å². The highest BCUT2D eigenvalue weighted by Crippen LogP contribution is 2.15. The summed E-state index contributed by atoms with van der Waals surface area (Å²) in [6.45, 7) is 0. The Hall–Kier alpha value is -1.62. The summed E-state index contributed by atoms with van der Waals surface area (Å²) in [5, 5.41) is 7.19. The van der Waals surface area contributed by atoms with Crippen molar-refractivity contribution in [2.75, 3.05) is 0 Å². The summed E-state index contributed by atoms with van der Waals surface area (Å²) in [5.41, 5.74) is 6.99. The second-order valence-electron chi connectivity index (χ2n) is 2.16. The fourth-order valence-corrected chi connectivity index (χ4v) is 1.48. The Morgan fingerprint density at radius 3 is 2.69 bits per heavy atom. The highest BCUT2D eigenvalue weighted by Gasteiger charge is 1.89. The zero-order valence-corrected chi connectivity index (χ0v) is 7.49. The number of primary amides is 1. The maximum Gasteiger partial charge on any atom is 0.402 e. The van der Waals surface area contributed by atoms with Crippen molar-refractivity contribution in [2.45, 2.75) is 0 Å². The Balaban J connectivity index is 0.000000184. The first-order valence-corrected chi connectivity index (χ1v) is 4.35. The maximum atomic E-state index is 8.78. The number of carboxylic acid groups (broad SMARTS) is 1. The van der Waals surface area contributed by atoms with Crippen LogP contribution in [0.3, 0.4) is 0 Å². The predicted molar refractivity (Wildman–Crippen MR) is 51.8 cm³/mol. The normalized spacial score (nSPS) is 8.92. The lowest BCUT2D eigenvalue weighted by molar-refractivity contribution is 0.205. The molecule has 0 aliphatic rings. The van der Waals surface area contributed by atoms with E-state index in [0.29, 0.717) is 0 Å². The molecule has 2 rings (SSSR count). The van der Waals surface area contributed by atoms with E-state index in [4.69, 9.17) is 9.90 Å². The first-order valence-electron chi connectivity index (χ1n) is 3.47. The average Bonchev–Trinajstić information content (AvgIpc) is 2.49. The van der Waals surface area contributed by atoms with Crippen LogP contribution in [-0.2, 0) is 0 Å². The van der Waals surface area contributed by atoms with Crippen LogP contribution in [0.25, 0.3) is 10.2 Å². The van der Waals surface area contributed by atoms with Crippen LogP contribution in [0.15, 0.2) is 29.8 Å². The van der Waals surface area contributed by atoms with E-state index in [2.05, 4.69) is 16.8 Å². The van der Waals surface area contributed by atoms with Crippen LogP contribution in [0, 0.1) is 0 Å². The summed E-state index contributed by atoms with van der Waals surface area (Å²) in [6, 6.07) is 8.13. The molecule has 1 aromatic carbocycles. The standard InChI is InChI=1S/C7H5NS.CH3NO2/c1-2-4-7-6(3-1)8-5-9-7;2-1(3)4/h1-5H;2H2,(H,3,4). The molecule has 1 aromatic heterocycles. The van der Waals surface area contributed by atoms with Gasteiger partial charge in [-0.05, 0) is 12.1 Å². The van der Waals surface area contributed by atoms with Crippen LogP contribution < -0.4 is 5.73 Å². The van der Waals surface area contributed by atoms with Crippen LogP contribution >= 0.6 is 11.3 Å². The van der Waals surface area contributed by atoms with Gasteiger partial charge >= 0.3 is 6.09 Å². The Labute approximate surface area is 78.6 Å². The molecule has 2 aromatic rings. The van der Waals surface area contributed by atoms with Gasteiger partial charge in [0, 0.05) is 0 Å². The summed E-state index contributed by atoms with van der Waals surface area (Å²) in [7, 11) is 0. The molecule has 0 atom stereocenters. The number of rotatable bonds is 0. The fraction of sp³-hybridized carbons (Fsp3) is 0. The van der Waals surface area contributed by atoms with Crippen molar-refractivity contribution in [1.82, 2.24) is 4.98 Å². The van der Waals surface area contributed by atoms with Crippen molar-refractivity contribution in [3.8, 4) is 0 Å². The van der Waals surface area contributed by atoms with Crippen LogP contribution in [0.5, 0.6) is 0 Å². The number of hydrogen-bond acceptors (Lipinski definition) is 3. The Morgan fingerprint density at radius 1 is 1.46 bits per heavy atom. The number of hydrogen-bond donors (Lipinski definition) is 2. The number of carbonyl (C=O) groups is 1. The Morgan fingerprint density at radius 2 is 2.08 bits per heavy atom. The van der Waals surface area contributed by atoms with E-state index in [1.807, 2.05) is 23.7 Å². The molecule has 4 nitrogen and oxygen atoms in total. The number of fused-ring (bicyclic) bond motifs is 1. The van der Waals surface area contributed by atoms with Crippen molar-refractivity contribution in [2.24, 2.45) is 5.73 Å². The van der Waals surface area contributed by atoms with E-state index in [-0.39, 0.29) is 0 Å². The number of para-hydroxylation sites is 1. The molecule has 0 fully saturated rings. The molecule has 0 saturated heterocycles. The number of amides is 1. The third-order valence-corrected chi connectivity index (χ3v) is 2.05. The molecule has 3 N–H and O–H groups in total. The third kappa shape index (κ3) is 3.08. The lowest BCUT2D eigenvalue weighted by Crippen LogP contribution is -2.03. The third-order valence-electron chi connectivity index (χ3n) is 1.24. The molecule has 0 bridgehead atoms. The van der Waals surface area contributed by atoms with Crippen LogP contribution in [0.4, 0.5) is 4.79 Å². The summed E-state index contributed by atoms with van der Waals surface area (Å²) in [4.78, 5) is 12.9. The molecular formula is C8H8N2O2S. The van der Waals surface area contributed by atoms with E-state index >= 15 is 0 Å². The van der Waals surface area contributed by atoms with E-state index in [1.165, 1.54) is 4.70 Å². The number of benzene rings is 1. The molecule has 0 radical (unpaired) electrons. The predicted octanol–water partition coefficient (Wildman–Crippen LogP) is 1.92. The summed E-state index contributed by atoms with van der Waals surface area (Å²) in [6.07, 6.45) is -1.33. The van der Waals surface area contributed by atoms with Crippen LogP contribution in [0.2, 0.25) is 0 Å². The van der Waals surface area contributed by atoms with Gasteiger partial charge in [0.2, 0.25) is 0 Å². The largest absolute Gasteiger partial charge is 0.465 e. The summed E-state index contributed by atoms with van der Waals surface area (Å²) >= 11 is 1.68. The highest BCUT2D eigenvalue weighted by atomic mass is 32.1. The zero-order chi connectivity index (χ0) is 9.68. The van der Waals surface area contributed by atoms with Crippen molar-refractivity contribution < 1.29 is 9.90 Å². The lowest BCUT2D eigenvalue weighted by Gasteiger charge is -1.80. The average molecular weight is 196 g/mol. The van der Waals surface area contributed by atoms with Gasteiger partial charge in [-0.2, -0.15) is 0 Å². The molecule has 1 amide bonds. The maximum absolute atomic E-state index is 8.78. The minimum absolute atomic E-state index is 1.10. The molecular weight excluding hydrogens is 188 g/mol. The fourth-order valence-electron chi connectivity index (χ4n) is 0.803. The van der Waals surface area contributed by atoms with E-state index in [9.17, 15) is 0 Å². The summed E-state index contributed by atoms with van der Waals surface area (Å²) < 4.78 is 1.26. The molecule has 0 saturated carbocycles. The number of thiazole rings is 1. The monoisotopic (exact) mass is 196 g/mol. The zero-order valence-electron chi connectivity index (χ0n) is 6.68. The van der Waals surface area contributed by atoms with Gasteiger partial charge in [0.25, 0.3) is 0 Å². The van der Waals surface area contributed by atoms with Gasteiger partial charge in [0.15, 0.2) is 0 Å². The van der Waals surface area contributed by atoms with Crippen LogP contribution in [0.1, 0.15) is 0 Å². The van der Waals surface area contributed by atoms with Gasteiger partial charge < -0.3 is 10.8 Å². The molecule has 68 valence electrons. The molecule has 5 heteroatoms. The van der Waals surface area contributed by atoms with Gasteiger partial charge in [-0.1, -0.05) is 12.1 Å². The topological polar surface area (TPSA) is 76.2 Å². The Kier molecular flexibility index (Phi) is 3.22. The second kappa shape index (κ2) is 4.42. The first-order chi connectivity index (χ1) is 6.20. The van der Waals surface area contributed by atoms with Crippen LogP contribution in [-0.4, -0.2) is 16.2 Å². The quantitative estimate of drug-likeness (QED) is 0.675. The molecule has 13 heavy (non-hydrogen) atoms. The molecule has 0 aliphatic carbocycles. The first kappa shape index (κ1) is 9.47. The lowest BCUT2D eigenvalue weighted by atomic mass is 10.3. The van der Waals surface area contributed by atoms with Gasteiger partial charge in [-0.25, -0.2) is 9.78 Å². The van der Waals surface area contributed by atoms with Gasteiger partial charge in [-0.3, -0.25) is 0 Å². The second-order valence-corrected chi connectivity index (χ2v) is 3.04. The van der Waals surface area contributed by atoms with Crippen molar-refractivity contribution in [3.05, 3.63) is 29.8 Å². The molecule has 0 unspecified atom stereocenters. The number of nitrogens with zero attached hydrogens (tertiary/aromatic N) is 1. The van der Waals surface area contributed by atoms with Crippen molar-refractivity contribution >= 4 is 27.6 Å². The minimum atomic E-state index is -1.33. The van der Waals surface area contributed by atoms with Crippen molar-refractivity contribution in [1.29, 1.82) is 0 Å². The van der Waals surface area contributed by atoms with E-state index in [0.717, 1.165) is 5.52 Å². The smallest absolute Gasteiger partial charge is 0.402 e. The molecule has 0 spiro atoms. The van der Waals surface area contributed by atoms with E-state index in [1.54, 1.807) is 11.3 Å². The molecule has 1 heterocycles. The van der Waals surface area contributed by atoms with Gasteiger partial charge in [0.1, 0.15) is 0 Å². The summed E-state index contributed by atoms with van der Waals surface area (Å²) in [5.74, 6) is 0. The Bertz CT molecular complexity index is 365.